The topological polar surface area (TPSA) is 73.2 Å². The number of esters is 1. The number of para-hydroxylation sites is 1. The number of carbonyl (C=O) groups excluding carboxylic acids is 2. The Kier molecular flexibility index (Phi) is 6.22. The van der Waals surface area contributed by atoms with Gasteiger partial charge in [0.1, 0.15) is 5.69 Å². The van der Waals surface area contributed by atoms with Crippen molar-refractivity contribution in [2.45, 2.75) is 0 Å². The normalized spacial score (nSPS) is 10.7. The lowest BCUT2D eigenvalue weighted by Gasteiger charge is -2.08. The van der Waals surface area contributed by atoms with Gasteiger partial charge in [-0.25, -0.2) is 9.48 Å². The maximum Gasteiger partial charge on any atom is 0.337 e. The van der Waals surface area contributed by atoms with Gasteiger partial charge >= 0.3 is 5.97 Å². The van der Waals surface area contributed by atoms with Gasteiger partial charge in [0.2, 0.25) is 0 Å². The molecule has 0 aliphatic heterocycles. The summed E-state index contributed by atoms with van der Waals surface area (Å²) in [5, 5.41) is 7.47. The number of anilines is 1. The van der Waals surface area contributed by atoms with Crippen molar-refractivity contribution in [2.24, 2.45) is 0 Å². The number of methoxy groups -OCH3 is 1. The van der Waals surface area contributed by atoms with Crippen molar-refractivity contribution in [3.05, 3.63) is 86.8 Å². The molecule has 4 rings (SSSR count). The molecule has 0 aliphatic rings. The minimum absolute atomic E-state index is 0.317. The molecule has 1 N–H and O–H groups in total. The first-order valence-corrected chi connectivity index (χ1v) is 11.0. The van der Waals surface area contributed by atoms with Crippen LogP contribution in [0.15, 0.2) is 71.3 Å². The molecule has 4 aromatic rings. The minimum Gasteiger partial charge on any atom is -0.465 e. The van der Waals surface area contributed by atoms with Crippen molar-refractivity contribution in [1.82, 2.24) is 9.78 Å². The van der Waals surface area contributed by atoms with Gasteiger partial charge in [0.25, 0.3) is 5.91 Å². The average molecular weight is 517 g/mol. The van der Waals surface area contributed by atoms with E-state index in [2.05, 4.69) is 26.3 Å². The second-order valence-corrected chi connectivity index (χ2v) is 9.08. The van der Waals surface area contributed by atoms with Gasteiger partial charge in [0.15, 0.2) is 0 Å². The van der Waals surface area contributed by atoms with Gasteiger partial charge in [-0.3, -0.25) is 4.79 Å². The molecule has 0 radical (unpaired) electrons. The van der Waals surface area contributed by atoms with Gasteiger partial charge in [0, 0.05) is 16.4 Å². The summed E-state index contributed by atoms with van der Waals surface area (Å²) in [4.78, 5) is 25.9. The van der Waals surface area contributed by atoms with Crippen LogP contribution in [0.5, 0.6) is 0 Å². The molecule has 2 aromatic heterocycles. The highest BCUT2D eigenvalue weighted by molar-refractivity contribution is 9.10. The third-order valence-electron chi connectivity index (χ3n) is 4.36. The van der Waals surface area contributed by atoms with Crippen LogP contribution in [-0.2, 0) is 4.74 Å². The van der Waals surface area contributed by atoms with E-state index < -0.39 is 5.97 Å². The first kappa shape index (κ1) is 21.3. The largest absolute Gasteiger partial charge is 0.465 e. The fourth-order valence-electron chi connectivity index (χ4n) is 2.97. The van der Waals surface area contributed by atoms with Crippen molar-refractivity contribution < 1.29 is 14.3 Å². The second kappa shape index (κ2) is 9.05. The van der Waals surface area contributed by atoms with Crippen LogP contribution in [0.25, 0.3) is 16.3 Å². The predicted octanol–water partition coefficient (Wildman–Crippen LogP) is 6.06. The van der Waals surface area contributed by atoms with Gasteiger partial charge in [-0.2, -0.15) is 5.10 Å². The molecular weight excluding hydrogens is 502 g/mol. The number of nitrogens with one attached hydrogen (secondary N) is 1. The Morgan fingerprint density at radius 2 is 1.90 bits per heavy atom. The highest BCUT2D eigenvalue weighted by atomic mass is 79.9. The van der Waals surface area contributed by atoms with E-state index in [4.69, 9.17) is 16.3 Å². The molecule has 2 heterocycles. The molecule has 0 saturated heterocycles. The zero-order valence-corrected chi connectivity index (χ0v) is 19.3. The number of rotatable bonds is 5. The molecule has 156 valence electrons. The molecule has 0 atom stereocenters. The Hall–Kier alpha value is -2.94. The number of hydrogen-bond donors (Lipinski definition) is 1. The van der Waals surface area contributed by atoms with Gasteiger partial charge in [-0.15, -0.1) is 11.3 Å². The number of hydrogen-bond acceptors (Lipinski definition) is 5. The van der Waals surface area contributed by atoms with Crippen LogP contribution < -0.4 is 5.32 Å². The molecule has 0 aliphatic carbocycles. The van der Waals surface area contributed by atoms with E-state index in [0.717, 1.165) is 10.6 Å². The maximum atomic E-state index is 13.2. The molecule has 0 unspecified atom stereocenters. The summed E-state index contributed by atoms with van der Waals surface area (Å²) in [7, 11) is 1.30. The Morgan fingerprint density at radius 3 is 2.58 bits per heavy atom. The minimum atomic E-state index is -0.498. The third-order valence-corrected chi connectivity index (χ3v) is 6.06. The Morgan fingerprint density at radius 1 is 1.13 bits per heavy atom. The molecular formula is C22H15BrClN3O3S. The van der Waals surface area contributed by atoms with E-state index in [0.29, 0.717) is 31.3 Å². The monoisotopic (exact) mass is 515 g/mol. The lowest BCUT2D eigenvalue weighted by Crippen LogP contribution is -2.13. The molecule has 2 aromatic carbocycles. The van der Waals surface area contributed by atoms with Crippen molar-refractivity contribution >= 4 is 56.4 Å². The molecule has 0 fully saturated rings. The van der Waals surface area contributed by atoms with Crippen LogP contribution in [0.3, 0.4) is 0 Å². The lowest BCUT2D eigenvalue weighted by atomic mass is 10.1. The maximum absolute atomic E-state index is 13.2. The number of thiophene rings is 1. The summed E-state index contributed by atoms with van der Waals surface area (Å²) < 4.78 is 7.66. The highest BCUT2D eigenvalue weighted by Crippen LogP contribution is 2.33. The lowest BCUT2D eigenvalue weighted by molar-refractivity contribution is 0.0600. The highest BCUT2D eigenvalue weighted by Gasteiger charge is 2.21. The van der Waals surface area contributed by atoms with Crippen LogP contribution in [0.2, 0.25) is 4.34 Å². The summed E-state index contributed by atoms with van der Waals surface area (Å²) in [5.41, 5.74) is 2.48. The zero-order chi connectivity index (χ0) is 22.0. The molecule has 0 spiro atoms. The molecule has 0 saturated carbocycles. The number of amides is 1. The first-order valence-electron chi connectivity index (χ1n) is 9.05. The predicted molar refractivity (Wildman–Crippen MR) is 125 cm³/mol. The van der Waals surface area contributed by atoms with Crippen molar-refractivity contribution in [2.75, 3.05) is 12.4 Å². The van der Waals surface area contributed by atoms with E-state index in [1.165, 1.54) is 18.4 Å². The van der Waals surface area contributed by atoms with E-state index in [1.807, 2.05) is 36.4 Å². The number of carbonyl (C=O) groups is 2. The average Bonchev–Trinajstić information content (AvgIpc) is 3.40. The van der Waals surface area contributed by atoms with Gasteiger partial charge in [-0.05, 0) is 42.5 Å². The number of nitrogens with zero attached hydrogens (tertiary/aromatic N) is 2. The van der Waals surface area contributed by atoms with Gasteiger partial charge in [-0.1, -0.05) is 45.7 Å². The molecule has 6 nitrogen and oxygen atoms in total. The molecule has 31 heavy (non-hydrogen) atoms. The third kappa shape index (κ3) is 4.71. The van der Waals surface area contributed by atoms with E-state index in [9.17, 15) is 9.59 Å². The number of halogens is 2. The van der Waals surface area contributed by atoms with Crippen LogP contribution >= 0.6 is 38.9 Å². The second-order valence-electron chi connectivity index (χ2n) is 6.45. The zero-order valence-electron chi connectivity index (χ0n) is 16.1. The summed E-state index contributed by atoms with van der Waals surface area (Å²) in [6.07, 6.45) is 1.67. The van der Waals surface area contributed by atoms with Crippen molar-refractivity contribution in [1.29, 1.82) is 0 Å². The molecule has 0 bridgehead atoms. The smallest absolute Gasteiger partial charge is 0.337 e. The number of ether oxygens (including phenoxy) is 1. The molecule has 1 amide bonds. The quantitative estimate of drug-likeness (QED) is 0.328. The Bertz CT molecular complexity index is 1270. The van der Waals surface area contributed by atoms with Crippen LogP contribution in [0.4, 0.5) is 5.69 Å². The molecule has 9 heteroatoms. The fourth-order valence-corrected chi connectivity index (χ4v) is 4.51. The summed E-state index contributed by atoms with van der Waals surface area (Å²) >= 11 is 10.8. The summed E-state index contributed by atoms with van der Waals surface area (Å²) in [6, 6.07) is 18.0. The van der Waals surface area contributed by atoms with Crippen molar-refractivity contribution in [3.8, 4) is 16.3 Å². The Balaban J connectivity index is 1.73. The first-order chi connectivity index (χ1) is 14.9. The standard InChI is InChI=1S/C22H15BrClN3O3S/c1-30-22(29)13-9-14(23)11-15(10-13)25-21(28)17-12-27(16-5-3-2-4-6-16)26-20(17)18-7-8-19(24)31-18/h2-12H,1H3,(H,25,28). The fraction of sp³-hybridized carbons (Fsp3) is 0.0455. The van der Waals surface area contributed by atoms with E-state index in [-0.39, 0.29) is 5.91 Å². The van der Waals surface area contributed by atoms with E-state index in [1.54, 1.807) is 35.1 Å². The van der Waals surface area contributed by atoms with Gasteiger partial charge < -0.3 is 10.1 Å². The number of aromatic nitrogens is 2. The van der Waals surface area contributed by atoms with Gasteiger partial charge in [0.05, 0.1) is 33.1 Å². The summed E-state index contributed by atoms with van der Waals surface area (Å²) in [6.45, 7) is 0. The van der Waals surface area contributed by atoms with E-state index >= 15 is 0 Å². The van der Waals surface area contributed by atoms with Crippen LogP contribution in [0, 0.1) is 0 Å². The SMILES string of the molecule is COC(=O)c1cc(Br)cc(NC(=O)c2cn(-c3ccccc3)nc2-c2ccc(Cl)s2)c1. The number of benzene rings is 2. The van der Waals surface area contributed by atoms with Crippen LogP contribution in [0.1, 0.15) is 20.7 Å². The summed E-state index contributed by atoms with van der Waals surface area (Å²) in [5.74, 6) is -0.863. The Labute approximate surface area is 195 Å². The van der Waals surface area contributed by atoms with Crippen molar-refractivity contribution in [3.63, 3.8) is 0 Å². The van der Waals surface area contributed by atoms with Crippen LogP contribution in [-0.4, -0.2) is 28.8 Å².